The van der Waals surface area contributed by atoms with Crippen molar-refractivity contribution in [1.29, 1.82) is 0 Å². The Hall–Kier alpha value is -2.43. The third-order valence-corrected chi connectivity index (χ3v) is 3.35. The second-order valence-corrected chi connectivity index (χ2v) is 4.72. The van der Waals surface area contributed by atoms with Gasteiger partial charge in [-0.1, -0.05) is 6.08 Å². The fourth-order valence-corrected chi connectivity index (χ4v) is 2.35. The van der Waals surface area contributed by atoms with Crippen LogP contribution in [0.1, 0.15) is 17.0 Å². The third kappa shape index (κ3) is 2.03. The second kappa shape index (κ2) is 4.35. The van der Waals surface area contributed by atoms with Crippen molar-refractivity contribution in [1.82, 2.24) is 15.2 Å². The molecule has 0 aromatic carbocycles. The Morgan fingerprint density at radius 3 is 3.11 bits per heavy atom. The number of nitrogens with two attached hydrogens (primary N) is 1. The number of rotatable bonds is 2. The zero-order valence-electron chi connectivity index (χ0n) is 10.6. The molecule has 2 aromatic heterocycles. The lowest BCUT2D eigenvalue weighted by molar-refractivity contribution is -0.120. The van der Waals surface area contributed by atoms with Gasteiger partial charge in [-0.05, 0) is 31.6 Å². The summed E-state index contributed by atoms with van der Waals surface area (Å²) in [5.74, 6) is -0.563. The van der Waals surface area contributed by atoms with E-state index in [4.69, 9.17) is 5.73 Å². The van der Waals surface area contributed by atoms with Crippen molar-refractivity contribution in [3.63, 3.8) is 0 Å². The van der Waals surface area contributed by atoms with Gasteiger partial charge in [0.2, 0.25) is 5.91 Å². The van der Waals surface area contributed by atoms with Gasteiger partial charge < -0.3 is 5.73 Å². The van der Waals surface area contributed by atoms with Crippen LogP contribution in [0.5, 0.6) is 0 Å². The lowest BCUT2D eigenvalue weighted by Crippen LogP contribution is -2.25. The van der Waals surface area contributed by atoms with Crippen molar-refractivity contribution >= 4 is 12.0 Å². The van der Waals surface area contributed by atoms with E-state index in [9.17, 15) is 4.79 Å². The zero-order valence-corrected chi connectivity index (χ0v) is 10.6. The van der Waals surface area contributed by atoms with E-state index in [1.807, 2.05) is 31.2 Å². The van der Waals surface area contributed by atoms with E-state index in [-0.39, 0.29) is 11.8 Å². The van der Waals surface area contributed by atoms with Gasteiger partial charge in [-0.2, -0.15) is 5.10 Å². The first kappa shape index (κ1) is 11.6. The van der Waals surface area contributed by atoms with Crippen molar-refractivity contribution in [3.8, 4) is 11.3 Å². The highest BCUT2D eigenvalue weighted by Gasteiger charge is 2.23. The lowest BCUT2D eigenvalue weighted by atomic mass is 9.90. The van der Waals surface area contributed by atoms with Crippen LogP contribution >= 0.6 is 0 Å². The average molecular weight is 254 g/mol. The molecule has 2 aromatic rings. The molecule has 1 amide bonds. The quantitative estimate of drug-likeness (QED) is 0.850. The second-order valence-electron chi connectivity index (χ2n) is 4.72. The van der Waals surface area contributed by atoms with Crippen molar-refractivity contribution in [2.24, 2.45) is 11.7 Å². The maximum Gasteiger partial charge on any atom is 0.224 e. The Bertz CT molecular complexity index is 672. The number of aromatic amines is 1. The van der Waals surface area contributed by atoms with Crippen molar-refractivity contribution in [3.05, 3.63) is 41.4 Å². The topological polar surface area (TPSA) is 84.7 Å². The number of fused-ring (bicyclic) bond motifs is 1. The minimum absolute atomic E-state index is 0.258. The van der Waals surface area contributed by atoms with Gasteiger partial charge in [-0.15, -0.1) is 0 Å². The molecule has 1 aliphatic carbocycles. The first-order chi connectivity index (χ1) is 9.15. The molecule has 5 heteroatoms. The van der Waals surface area contributed by atoms with Crippen molar-refractivity contribution in [2.45, 2.75) is 13.3 Å². The number of H-pyrrole nitrogens is 1. The molecule has 0 bridgehead atoms. The Balaban J connectivity index is 2.05. The number of hydrogen-bond acceptors (Lipinski definition) is 3. The van der Waals surface area contributed by atoms with Gasteiger partial charge in [-0.3, -0.25) is 14.9 Å². The molecule has 0 spiro atoms. The molecule has 0 saturated carbocycles. The molecule has 3 N–H and O–H groups in total. The van der Waals surface area contributed by atoms with Crippen LogP contribution in [0.3, 0.4) is 0 Å². The van der Waals surface area contributed by atoms with E-state index in [1.54, 1.807) is 6.20 Å². The summed E-state index contributed by atoms with van der Waals surface area (Å²) in [6, 6.07) is 3.90. The summed E-state index contributed by atoms with van der Waals surface area (Å²) in [5.41, 5.74) is 10.2. The summed E-state index contributed by atoms with van der Waals surface area (Å²) < 4.78 is 0. The molecule has 19 heavy (non-hydrogen) atoms. The van der Waals surface area contributed by atoms with Crippen LogP contribution in [0, 0.1) is 12.8 Å². The molecule has 2 heterocycles. The number of pyridine rings is 1. The van der Waals surface area contributed by atoms with Crippen LogP contribution in [0.4, 0.5) is 0 Å². The summed E-state index contributed by atoms with van der Waals surface area (Å²) in [7, 11) is 0. The number of carbonyl (C=O) groups excluding carboxylic acids is 1. The van der Waals surface area contributed by atoms with Crippen LogP contribution in [0.2, 0.25) is 0 Å². The molecule has 0 radical (unpaired) electrons. The van der Waals surface area contributed by atoms with E-state index in [1.165, 1.54) is 0 Å². The van der Waals surface area contributed by atoms with E-state index in [0.29, 0.717) is 6.42 Å². The van der Waals surface area contributed by atoms with Crippen LogP contribution in [-0.2, 0) is 11.2 Å². The molecule has 1 aliphatic rings. The molecule has 0 fully saturated rings. The predicted octanol–water partition coefficient (Wildman–Crippen LogP) is 1.45. The lowest BCUT2D eigenvalue weighted by Gasteiger charge is -2.14. The summed E-state index contributed by atoms with van der Waals surface area (Å²) in [4.78, 5) is 15.5. The van der Waals surface area contributed by atoms with Gasteiger partial charge in [0.25, 0.3) is 0 Å². The first-order valence-electron chi connectivity index (χ1n) is 6.13. The van der Waals surface area contributed by atoms with E-state index in [2.05, 4.69) is 15.2 Å². The normalized spacial score (nSPS) is 17.2. The van der Waals surface area contributed by atoms with E-state index < -0.39 is 0 Å². The number of carbonyl (C=O) groups is 1. The molecule has 0 aliphatic heterocycles. The fraction of sp³-hybridized carbons (Fsp3) is 0.214. The number of aromatic nitrogens is 3. The van der Waals surface area contributed by atoms with E-state index in [0.717, 1.165) is 28.2 Å². The maximum atomic E-state index is 11.3. The molecule has 0 saturated heterocycles. The minimum Gasteiger partial charge on any atom is -0.369 e. The monoisotopic (exact) mass is 254 g/mol. The molecule has 1 unspecified atom stereocenters. The number of aryl methyl sites for hydroxylation is 1. The fourth-order valence-electron chi connectivity index (χ4n) is 2.35. The maximum absolute atomic E-state index is 11.3. The highest BCUT2D eigenvalue weighted by atomic mass is 16.1. The van der Waals surface area contributed by atoms with Gasteiger partial charge in [0, 0.05) is 23.0 Å². The van der Waals surface area contributed by atoms with Gasteiger partial charge in [0.1, 0.15) is 0 Å². The number of nitrogens with one attached hydrogen (secondary N) is 1. The molecular formula is C14H14N4O. The SMILES string of the molecule is Cc1cc(-c2n[nH]c3c2CC(C(N)=O)C=C3)ccn1. The predicted molar refractivity (Wildman–Crippen MR) is 72.0 cm³/mol. The smallest absolute Gasteiger partial charge is 0.224 e. The Kier molecular flexibility index (Phi) is 2.67. The average Bonchev–Trinajstić information content (AvgIpc) is 2.81. The summed E-state index contributed by atoms with van der Waals surface area (Å²) in [5, 5.41) is 7.34. The van der Waals surface area contributed by atoms with E-state index >= 15 is 0 Å². The van der Waals surface area contributed by atoms with Gasteiger partial charge in [0.15, 0.2) is 0 Å². The summed E-state index contributed by atoms with van der Waals surface area (Å²) >= 11 is 0. The Morgan fingerprint density at radius 1 is 1.53 bits per heavy atom. The summed E-state index contributed by atoms with van der Waals surface area (Å²) in [6.07, 6.45) is 6.05. The number of hydrogen-bond donors (Lipinski definition) is 2. The van der Waals surface area contributed by atoms with Crippen LogP contribution < -0.4 is 5.73 Å². The zero-order chi connectivity index (χ0) is 13.4. The largest absolute Gasteiger partial charge is 0.369 e. The summed E-state index contributed by atoms with van der Waals surface area (Å²) in [6.45, 7) is 1.94. The molecule has 96 valence electrons. The van der Waals surface area contributed by atoms with Gasteiger partial charge >= 0.3 is 0 Å². The Morgan fingerprint density at radius 2 is 2.37 bits per heavy atom. The van der Waals surface area contributed by atoms with Gasteiger partial charge in [-0.25, -0.2) is 0 Å². The standard InChI is InChI=1S/C14H14N4O/c1-8-6-9(4-5-16-8)13-11-7-10(14(15)19)2-3-12(11)17-18-13/h2-6,10H,7H2,1H3,(H2,15,19)(H,17,18). The molecule has 5 nitrogen and oxygen atoms in total. The molecule has 3 rings (SSSR count). The Labute approximate surface area is 110 Å². The highest BCUT2D eigenvalue weighted by molar-refractivity contribution is 5.82. The van der Waals surface area contributed by atoms with Crippen molar-refractivity contribution < 1.29 is 4.79 Å². The van der Waals surface area contributed by atoms with Crippen molar-refractivity contribution in [2.75, 3.05) is 0 Å². The first-order valence-corrected chi connectivity index (χ1v) is 6.13. The molecule has 1 atom stereocenters. The highest BCUT2D eigenvalue weighted by Crippen LogP contribution is 2.30. The van der Waals surface area contributed by atoms with Crippen LogP contribution in [-0.4, -0.2) is 21.1 Å². The number of nitrogens with zero attached hydrogens (tertiary/aromatic N) is 2. The van der Waals surface area contributed by atoms with Gasteiger partial charge in [0.05, 0.1) is 17.3 Å². The molecular weight excluding hydrogens is 240 g/mol. The van der Waals surface area contributed by atoms with Crippen LogP contribution in [0.15, 0.2) is 24.4 Å². The van der Waals surface area contributed by atoms with Crippen LogP contribution in [0.25, 0.3) is 17.3 Å². The minimum atomic E-state index is -0.306. The number of amides is 1. The third-order valence-electron chi connectivity index (χ3n) is 3.35. The number of primary amides is 1.